The van der Waals surface area contributed by atoms with E-state index in [1.54, 1.807) is 34.7 Å². The van der Waals surface area contributed by atoms with Crippen LogP contribution in [-0.2, 0) is 21.4 Å². The summed E-state index contributed by atoms with van der Waals surface area (Å²) in [6.07, 6.45) is 4.48. The Balaban J connectivity index is 1.37. The van der Waals surface area contributed by atoms with Crippen molar-refractivity contribution >= 4 is 32.8 Å². The van der Waals surface area contributed by atoms with E-state index in [2.05, 4.69) is 15.0 Å². The number of sulfonamides is 1. The summed E-state index contributed by atoms with van der Waals surface area (Å²) in [5.41, 5.74) is 0.505. The zero-order valence-corrected chi connectivity index (χ0v) is 17.6. The normalized spacial score (nSPS) is 15.5. The second-order valence-electron chi connectivity index (χ2n) is 7.18. The molecular formula is C18H21N7O5S. The molecule has 12 nitrogen and oxygen atoms in total. The van der Waals surface area contributed by atoms with Crippen molar-refractivity contribution in [3.63, 3.8) is 0 Å². The molecule has 0 bridgehead atoms. The second-order valence-corrected chi connectivity index (χ2v) is 9.09. The molecule has 4 rings (SSSR count). The SMILES string of the molecule is Cc1nc([N+](=O)[O-])cn1CCC(=O)N1CCN(S(=O)(=O)c2c[nH]c3ncccc23)CC1. The van der Waals surface area contributed by atoms with Crippen LogP contribution in [0.2, 0.25) is 0 Å². The van der Waals surface area contributed by atoms with Crippen LogP contribution in [0.5, 0.6) is 0 Å². The van der Waals surface area contributed by atoms with Gasteiger partial charge < -0.3 is 24.6 Å². The van der Waals surface area contributed by atoms with Crippen molar-refractivity contribution in [2.75, 3.05) is 26.2 Å². The molecule has 0 saturated carbocycles. The first-order valence-electron chi connectivity index (χ1n) is 9.65. The van der Waals surface area contributed by atoms with E-state index in [-0.39, 0.29) is 55.8 Å². The number of piperazine rings is 1. The van der Waals surface area contributed by atoms with Crippen molar-refractivity contribution in [3.05, 3.63) is 46.7 Å². The fourth-order valence-corrected chi connectivity index (χ4v) is 5.21. The third-order valence-corrected chi connectivity index (χ3v) is 7.28. The number of rotatable bonds is 6. The van der Waals surface area contributed by atoms with Gasteiger partial charge in [-0.05, 0) is 22.0 Å². The lowest BCUT2D eigenvalue weighted by atomic mass is 10.3. The molecule has 13 heteroatoms. The number of imidazole rings is 1. The molecule has 164 valence electrons. The van der Waals surface area contributed by atoms with Gasteiger partial charge >= 0.3 is 5.82 Å². The van der Waals surface area contributed by atoms with Crippen LogP contribution in [0.1, 0.15) is 12.2 Å². The minimum atomic E-state index is -3.71. The lowest BCUT2D eigenvalue weighted by Crippen LogP contribution is -2.50. The average Bonchev–Trinajstić information content (AvgIpc) is 3.36. The maximum absolute atomic E-state index is 13.1. The Bertz CT molecular complexity index is 1240. The van der Waals surface area contributed by atoms with Gasteiger partial charge in [-0.15, -0.1) is 0 Å². The topological polar surface area (TPSA) is 147 Å². The number of amides is 1. The first kappa shape index (κ1) is 20.9. The maximum atomic E-state index is 13.1. The van der Waals surface area contributed by atoms with Crippen LogP contribution in [0.15, 0.2) is 35.6 Å². The molecule has 3 aromatic rings. The Morgan fingerprint density at radius 3 is 2.71 bits per heavy atom. The molecule has 0 aliphatic carbocycles. The summed E-state index contributed by atoms with van der Waals surface area (Å²) in [6.45, 7) is 2.85. The molecule has 1 aliphatic heterocycles. The number of nitrogens with zero attached hydrogens (tertiary/aromatic N) is 6. The van der Waals surface area contributed by atoms with Crippen molar-refractivity contribution in [1.29, 1.82) is 0 Å². The Hall–Kier alpha value is -3.32. The highest BCUT2D eigenvalue weighted by Gasteiger charge is 2.32. The first-order valence-corrected chi connectivity index (χ1v) is 11.1. The Morgan fingerprint density at radius 2 is 2.03 bits per heavy atom. The summed E-state index contributed by atoms with van der Waals surface area (Å²) >= 11 is 0. The molecule has 1 amide bonds. The number of aromatic amines is 1. The Morgan fingerprint density at radius 1 is 1.29 bits per heavy atom. The molecular weight excluding hydrogens is 426 g/mol. The summed E-state index contributed by atoms with van der Waals surface area (Å²) in [7, 11) is -3.71. The fourth-order valence-electron chi connectivity index (χ4n) is 3.64. The van der Waals surface area contributed by atoms with E-state index in [4.69, 9.17) is 0 Å². The highest BCUT2D eigenvalue weighted by Crippen LogP contribution is 2.25. The molecule has 1 saturated heterocycles. The van der Waals surface area contributed by atoms with Gasteiger partial charge in [-0.3, -0.25) is 4.79 Å². The number of hydrogen-bond donors (Lipinski definition) is 1. The van der Waals surface area contributed by atoms with E-state index in [0.29, 0.717) is 16.9 Å². The van der Waals surface area contributed by atoms with Crippen LogP contribution in [0, 0.1) is 17.0 Å². The minimum absolute atomic E-state index is 0.135. The van der Waals surface area contributed by atoms with Gasteiger partial charge in [-0.1, -0.05) is 0 Å². The predicted molar refractivity (Wildman–Crippen MR) is 110 cm³/mol. The first-order chi connectivity index (χ1) is 14.8. The van der Waals surface area contributed by atoms with Gasteiger partial charge in [0.1, 0.15) is 16.7 Å². The zero-order chi connectivity index (χ0) is 22.2. The number of pyridine rings is 1. The van der Waals surface area contributed by atoms with Crippen LogP contribution >= 0.6 is 0 Å². The maximum Gasteiger partial charge on any atom is 0.381 e. The number of fused-ring (bicyclic) bond motifs is 1. The van der Waals surface area contributed by atoms with E-state index >= 15 is 0 Å². The fraction of sp³-hybridized carbons (Fsp3) is 0.389. The van der Waals surface area contributed by atoms with Crippen molar-refractivity contribution in [1.82, 2.24) is 28.7 Å². The standard InChI is InChI=1S/C18H21N7O5S/c1-13-21-16(25(27)28)12-23(13)6-4-17(26)22-7-9-24(10-8-22)31(29,30)15-11-20-18-14(15)3-2-5-19-18/h2-3,5,11-12H,4,6-10H2,1H3,(H,19,20). The van der Waals surface area contributed by atoms with Crippen molar-refractivity contribution in [2.24, 2.45) is 0 Å². The number of nitrogens with one attached hydrogen (secondary N) is 1. The van der Waals surface area contributed by atoms with Gasteiger partial charge in [0, 0.05) is 63.8 Å². The van der Waals surface area contributed by atoms with Crippen LogP contribution in [-0.4, -0.2) is 74.2 Å². The van der Waals surface area contributed by atoms with Gasteiger partial charge in [-0.2, -0.15) is 4.31 Å². The minimum Gasteiger partial charge on any atom is -0.358 e. The molecule has 31 heavy (non-hydrogen) atoms. The quantitative estimate of drug-likeness (QED) is 0.436. The molecule has 0 atom stereocenters. The van der Waals surface area contributed by atoms with Crippen LogP contribution in [0.25, 0.3) is 11.0 Å². The average molecular weight is 447 g/mol. The molecule has 1 N–H and O–H groups in total. The van der Waals surface area contributed by atoms with E-state index in [1.165, 1.54) is 16.7 Å². The van der Waals surface area contributed by atoms with E-state index < -0.39 is 14.9 Å². The van der Waals surface area contributed by atoms with Gasteiger partial charge in [0.05, 0.1) is 0 Å². The van der Waals surface area contributed by atoms with Crippen LogP contribution < -0.4 is 0 Å². The molecule has 0 radical (unpaired) electrons. The van der Waals surface area contributed by atoms with Crippen molar-refractivity contribution in [2.45, 2.75) is 24.8 Å². The molecule has 3 aromatic heterocycles. The summed E-state index contributed by atoms with van der Waals surface area (Å²) in [6, 6.07) is 3.39. The van der Waals surface area contributed by atoms with E-state index in [1.807, 2.05) is 0 Å². The van der Waals surface area contributed by atoms with Crippen LogP contribution in [0.3, 0.4) is 0 Å². The predicted octanol–water partition coefficient (Wildman–Crippen LogP) is 0.899. The highest BCUT2D eigenvalue weighted by molar-refractivity contribution is 7.89. The van der Waals surface area contributed by atoms with Crippen molar-refractivity contribution < 1.29 is 18.1 Å². The molecule has 1 fully saturated rings. The summed E-state index contributed by atoms with van der Waals surface area (Å²) in [5, 5.41) is 11.3. The third kappa shape index (κ3) is 4.01. The highest BCUT2D eigenvalue weighted by atomic mass is 32.2. The molecule has 4 heterocycles. The number of carbonyl (C=O) groups excluding carboxylic acids is 1. The molecule has 0 spiro atoms. The number of H-pyrrole nitrogens is 1. The lowest BCUT2D eigenvalue weighted by Gasteiger charge is -2.34. The smallest absolute Gasteiger partial charge is 0.358 e. The lowest BCUT2D eigenvalue weighted by molar-refractivity contribution is -0.389. The number of aromatic nitrogens is 4. The van der Waals surface area contributed by atoms with Crippen LogP contribution in [0.4, 0.5) is 5.82 Å². The number of nitro groups is 1. The summed E-state index contributed by atoms with van der Waals surface area (Å²) < 4.78 is 29.0. The summed E-state index contributed by atoms with van der Waals surface area (Å²) in [5.74, 6) is 0.0731. The molecule has 0 aromatic carbocycles. The van der Waals surface area contributed by atoms with Gasteiger partial charge in [-0.25, -0.2) is 13.4 Å². The summed E-state index contributed by atoms with van der Waals surface area (Å²) in [4.78, 5) is 35.4. The monoisotopic (exact) mass is 447 g/mol. The molecule has 1 aliphatic rings. The number of carbonyl (C=O) groups is 1. The van der Waals surface area contributed by atoms with Crippen molar-refractivity contribution in [3.8, 4) is 0 Å². The largest absolute Gasteiger partial charge is 0.381 e. The number of hydrogen-bond acceptors (Lipinski definition) is 7. The zero-order valence-electron chi connectivity index (χ0n) is 16.8. The van der Waals surface area contributed by atoms with Gasteiger partial charge in [0.15, 0.2) is 0 Å². The van der Waals surface area contributed by atoms with Gasteiger partial charge in [0.25, 0.3) is 0 Å². The second kappa shape index (κ2) is 8.07. The third-order valence-electron chi connectivity index (χ3n) is 5.34. The number of aryl methyl sites for hydroxylation is 2. The van der Waals surface area contributed by atoms with E-state index in [9.17, 15) is 23.3 Å². The Kier molecular flexibility index (Phi) is 5.45. The molecule has 0 unspecified atom stereocenters. The van der Waals surface area contributed by atoms with E-state index in [0.717, 1.165) is 0 Å². The Labute approximate surface area is 177 Å². The van der Waals surface area contributed by atoms with Gasteiger partial charge in [0.2, 0.25) is 21.8 Å².